The zero-order valence-electron chi connectivity index (χ0n) is 16.6. The number of hydrogen-bond acceptors (Lipinski definition) is 4. The first-order chi connectivity index (χ1) is 12.8. The highest BCUT2D eigenvalue weighted by Crippen LogP contribution is 2.32. The van der Waals surface area contributed by atoms with Crippen molar-refractivity contribution in [2.75, 3.05) is 7.11 Å². The van der Waals surface area contributed by atoms with E-state index < -0.39 is 0 Å². The average Bonchev–Trinajstić information content (AvgIpc) is 2.59. The Morgan fingerprint density at radius 2 is 1.78 bits per heavy atom. The molecule has 0 aliphatic rings. The smallest absolute Gasteiger partial charge is 0.161 e. The monoisotopic (exact) mass is 368 g/mol. The van der Waals surface area contributed by atoms with Gasteiger partial charge >= 0.3 is 0 Å². The first-order valence-electron chi connectivity index (χ1n) is 9.01. The van der Waals surface area contributed by atoms with Crippen LogP contribution in [0.15, 0.2) is 42.0 Å². The van der Waals surface area contributed by atoms with Gasteiger partial charge in [0.1, 0.15) is 11.5 Å². The second-order valence-electron chi connectivity index (χ2n) is 6.93. The van der Waals surface area contributed by atoms with Gasteiger partial charge in [0.05, 0.1) is 13.2 Å². The molecule has 0 fully saturated rings. The fourth-order valence-electron chi connectivity index (χ4n) is 2.67. The zero-order valence-corrected chi connectivity index (χ0v) is 16.6. The van der Waals surface area contributed by atoms with Crippen LogP contribution >= 0.6 is 0 Å². The van der Waals surface area contributed by atoms with Crippen LogP contribution in [0.4, 0.5) is 0 Å². The fourth-order valence-corrected chi connectivity index (χ4v) is 2.67. The Hall–Kier alpha value is -2.88. The SMILES string of the molecule is COc1cc(/C=C/c2cc(O)cc(OC(C)C)c2CC=C(C)C)ccc1O. The van der Waals surface area contributed by atoms with Crippen molar-refractivity contribution in [3.8, 4) is 23.0 Å². The van der Waals surface area contributed by atoms with Crippen LogP contribution in [-0.2, 0) is 6.42 Å². The molecule has 0 amide bonds. The molecule has 0 saturated heterocycles. The zero-order chi connectivity index (χ0) is 20.0. The Labute approximate surface area is 161 Å². The van der Waals surface area contributed by atoms with Crippen LogP contribution in [-0.4, -0.2) is 23.4 Å². The van der Waals surface area contributed by atoms with E-state index in [1.807, 2.05) is 26.0 Å². The molecule has 0 aromatic heterocycles. The van der Waals surface area contributed by atoms with Gasteiger partial charge in [-0.3, -0.25) is 0 Å². The topological polar surface area (TPSA) is 58.9 Å². The van der Waals surface area contributed by atoms with Gasteiger partial charge in [0.15, 0.2) is 11.5 Å². The Morgan fingerprint density at radius 1 is 1.04 bits per heavy atom. The number of hydrogen-bond donors (Lipinski definition) is 2. The van der Waals surface area contributed by atoms with E-state index in [9.17, 15) is 10.2 Å². The molecule has 0 radical (unpaired) electrons. The summed E-state index contributed by atoms with van der Waals surface area (Å²) in [5.74, 6) is 1.37. The first-order valence-corrected chi connectivity index (χ1v) is 9.01. The quantitative estimate of drug-likeness (QED) is 0.495. The van der Waals surface area contributed by atoms with E-state index in [0.717, 1.165) is 16.7 Å². The second-order valence-corrected chi connectivity index (χ2v) is 6.93. The van der Waals surface area contributed by atoms with Crippen molar-refractivity contribution in [1.82, 2.24) is 0 Å². The van der Waals surface area contributed by atoms with Crippen molar-refractivity contribution in [2.24, 2.45) is 0 Å². The van der Waals surface area contributed by atoms with E-state index in [4.69, 9.17) is 9.47 Å². The van der Waals surface area contributed by atoms with Gasteiger partial charge in [0.25, 0.3) is 0 Å². The molecule has 0 atom stereocenters. The van der Waals surface area contributed by atoms with Gasteiger partial charge in [-0.15, -0.1) is 0 Å². The van der Waals surface area contributed by atoms with Crippen LogP contribution in [0.1, 0.15) is 44.4 Å². The number of rotatable bonds is 7. The van der Waals surface area contributed by atoms with Crippen LogP contribution < -0.4 is 9.47 Å². The van der Waals surface area contributed by atoms with Crippen molar-refractivity contribution in [3.05, 3.63) is 58.7 Å². The molecule has 27 heavy (non-hydrogen) atoms. The fraction of sp³-hybridized carbons (Fsp3) is 0.304. The minimum Gasteiger partial charge on any atom is -0.508 e. The summed E-state index contributed by atoms with van der Waals surface area (Å²) >= 11 is 0. The number of aromatic hydroxyl groups is 2. The number of phenolic OH excluding ortho intramolecular Hbond substituents is 2. The lowest BCUT2D eigenvalue weighted by Crippen LogP contribution is -2.08. The molecule has 4 nitrogen and oxygen atoms in total. The normalized spacial score (nSPS) is 11.0. The van der Waals surface area contributed by atoms with E-state index in [1.165, 1.54) is 12.7 Å². The molecule has 144 valence electrons. The molecule has 0 aliphatic carbocycles. The molecule has 0 heterocycles. The Morgan fingerprint density at radius 3 is 2.41 bits per heavy atom. The van der Waals surface area contributed by atoms with Crippen LogP contribution in [0.25, 0.3) is 12.2 Å². The van der Waals surface area contributed by atoms with Gasteiger partial charge < -0.3 is 19.7 Å². The standard InChI is InChI=1S/C23H28O4/c1-15(2)6-10-20-18(13-19(24)14-22(20)27-16(3)4)9-7-17-8-11-21(25)23(12-17)26-5/h6-9,11-14,16,24-25H,10H2,1-5H3/b9-7+. The van der Waals surface area contributed by atoms with Crippen molar-refractivity contribution < 1.29 is 19.7 Å². The maximum atomic E-state index is 10.1. The highest BCUT2D eigenvalue weighted by Gasteiger charge is 2.11. The van der Waals surface area contributed by atoms with Crippen LogP contribution in [0.3, 0.4) is 0 Å². The third-order valence-corrected chi connectivity index (χ3v) is 3.96. The number of ether oxygens (including phenoxy) is 2. The highest BCUT2D eigenvalue weighted by atomic mass is 16.5. The first kappa shape index (κ1) is 20.4. The maximum Gasteiger partial charge on any atom is 0.161 e. The van der Waals surface area contributed by atoms with Crippen LogP contribution in [0, 0.1) is 0 Å². The molecular formula is C23H28O4. The van der Waals surface area contributed by atoms with Gasteiger partial charge in [-0.1, -0.05) is 29.9 Å². The van der Waals surface area contributed by atoms with E-state index in [2.05, 4.69) is 19.9 Å². The van der Waals surface area contributed by atoms with E-state index in [0.29, 0.717) is 17.9 Å². The molecule has 2 aromatic rings. The van der Waals surface area contributed by atoms with Crippen LogP contribution in [0.2, 0.25) is 0 Å². The Balaban J connectivity index is 2.47. The summed E-state index contributed by atoms with van der Waals surface area (Å²) in [6, 6.07) is 8.55. The third-order valence-electron chi connectivity index (χ3n) is 3.96. The molecular weight excluding hydrogens is 340 g/mol. The summed E-state index contributed by atoms with van der Waals surface area (Å²) < 4.78 is 11.1. The molecule has 2 N–H and O–H groups in total. The number of allylic oxidation sites excluding steroid dienone is 2. The molecule has 0 saturated carbocycles. The minimum atomic E-state index is 0.00967. The van der Waals surface area contributed by atoms with Gasteiger partial charge in [-0.2, -0.15) is 0 Å². The number of methoxy groups -OCH3 is 1. The van der Waals surface area contributed by atoms with Crippen molar-refractivity contribution in [2.45, 2.75) is 40.2 Å². The molecule has 0 aliphatic heterocycles. The van der Waals surface area contributed by atoms with E-state index >= 15 is 0 Å². The lowest BCUT2D eigenvalue weighted by atomic mass is 10.00. The maximum absolute atomic E-state index is 10.1. The third kappa shape index (κ3) is 5.81. The largest absolute Gasteiger partial charge is 0.508 e. The van der Waals surface area contributed by atoms with Gasteiger partial charge in [0, 0.05) is 11.6 Å². The number of benzene rings is 2. The van der Waals surface area contributed by atoms with Gasteiger partial charge in [-0.05, 0) is 63.4 Å². The lowest BCUT2D eigenvalue weighted by molar-refractivity contribution is 0.239. The van der Waals surface area contributed by atoms with Crippen molar-refractivity contribution in [3.63, 3.8) is 0 Å². The predicted octanol–water partition coefficient (Wildman–Crippen LogP) is 5.57. The van der Waals surface area contributed by atoms with Crippen molar-refractivity contribution in [1.29, 1.82) is 0 Å². The summed E-state index contributed by atoms with van der Waals surface area (Å²) in [7, 11) is 1.52. The number of phenols is 2. The molecule has 2 aromatic carbocycles. The predicted molar refractivity (Wildman–Crippen MR) is 111 cm³/mol. The van der Waals surface area contributed by atoms with Crippen LogP contribution in [0.5, 0.6) is 23.0 Å². The molecule has 0 spiro atoms. The molecule has 4 heteroatoms. The minimum absolute atomic E-state index is 0.00967. The Kier molecular flexibility index (Phi) is 6.94. The highest BCUT2D eigenvalue weighted by molar-refractivity contribution is 5.74. The average molecular weight is 368 g/mol. The summed E-state index contributed by atoms with van der Waals surface area (Å²) in [6.45, 7) is 8.04. The van der Waals surface area contributed by atoms with Gasteiger partial charge in [-0.25, -0.2) is 0 Å². The molecule has 0 unspecified atom stereocenters. The van der Waals surface area contributed by atoms with E-state index in [1.54, 1.807) is 30.3 Å². The van der Waals surface area contributed by atoms with E-state index in [-0.39, 0.29) is 17.6 Å². The van der Waals surface area contributed by atoms with Crippen molar-refractivity contribution >= 4 is 12.2 Å². The summed E-state index contributed by atoms with van der Waals surface area (Å²) in [5, 5.41) is 19.9. The Bertz CT molecular complexity index is 844. The second kappa shape index (κ2) is 9.17. The summed E-state index contributed by atoms with van der Waals surface area (Å²) in [6.07, 6.45) is 6.72. The lowest BCUT2D eigenvalue weighted by Gasteiger charge is -2.16. The summed E-state index contributed by atoms with van der Waals surface area (Å²) in [4.78, 5) is 0. The molecule has 0 bridgehead atoms. The van der Waals surface area contributed by atoms with Gasteiger partial charge in [0.2, 0.25) is 0 Å². The summed E-state index contributed by atoms with van der Waals surface area (Å²) in [5.41, 5.74) is 4.00. The molecule has 2 rings (SSSR count).